The minimum absolute atomic E-state index is 0.164. The molecule has 0 radical (unpaired) electrons. The van der Waals surface area contributed by atoms with Crippen LogP contribution in [0.4, 0.5) is 13.2 Å². The lowest BCUT2D eigenvalue weighted by Gasteiger charge is -2.09. The van der Waals surface area contributed by atoms with Gasteiger partial charge < -0.3 is 5.32 Å². The molecule has 0 fully saturated rings. The van der Waals surface area contributed by atoms with Crippen molar-refractivity contribution >= 4 is 5.91 Å². The number of rotatable bonds is 3. The monoisotopic (exact) mass is 297 g/mol. The highest BCUT2D eigenvalue weighted by molar-refractivity contribution is 5.95. The van der Waals surface area contributed by atoms with Crippen LogP contribution in [0.5, 0.6) is 0 Å². The largest absolute Gasteiger partial charge is 0.435 e. The Kier molecular flexibility index (Phi) is 4.02. The fraction of sp³-hybridized carbons (Fsp3) is 0.286. The molecule has 1 heterocycles. The van der Waals surface area contributed by atoms with Crippen molar-refractivity contribution in [2.24, 2.45) is 7.05 Å². The molecular formula is C14H14F3N3O. The van der Waals surface area contributed by atoms with Crippen molar-refractivity contribution in [3.63, 3.8) is 0 Å². The van der Waals surface area contributed by atoms with Gasteiger partial charge >= 0.3 is 6.18 Å². The molecule has 0 bridgehead atoms. The van der Waals surface area contributed by atoms with Gasteiger partial charge in [0.1, 0.15) is 0 Å². The van der Waals surface area contributed by atoms with Crippen molar-refractivity contribution in [3.05, 3.63) is 52.8 Å². The van der Waals surface area contributed by atoms with Crippen molar-refractivity contribution in [1.82, 2.24) is 15.1 Å². The number of halogens is 3. The van der Waals surface area contributed by atoms with Gasteiger partial charge in [0.25, 0.3) is 5.91 Å². The Labute approximate surface area is 119 Å². The van der Waals surface area contributed by atoms with E-state index in [0.29, 0.717) is 0 Å². The van der Waals surface area contributed by atoms with Crippen molar-refractivity contribution < 1.29 is 18.0 Å². The molecule has 1 aromatic carbocycles. The van der Waals surface area contributed by atoms with E-state index in [0.717, 1.165) is 22.0 Å². The van der Waals surface area contributed by atoms with E-state index < -0.39 is 23.3 Å². The zero-order valence-electron chi connectivity index (χ0n) is 11.5. The zero-order chi connectivity index (χ0) is 15.6. The maximum absolute atomic E-state index is 12.8. The maximum Gasteiger partial charge on any atom is 0.435 e. The molecule has 0 atom stereocenters. The highest BCUT2D eigenvalue weighted by Gasteiger charge is 2.38. The maximum atomic E-state index is 12.8. The van der Waals surface area contributed by atoms with Crippen LogP contribution in [0.3, 0.4) is 0 Å². The van der Waals surface area contributed by atoms with Crippen molar-refractivity contribution in [2.45, 2.75) is 19.6 Å². The normalized spacial score (nSPS) is 11.5. The molecule has 0 aliphatic rings. The third-order valence-electron chi connectivity index (χ3n) is 3.04. The summed E-state index contributed by atoms with van der Waals surface area (Å²) in [5.74, 6) is -0.793. The number of nitrogens with zero attached hydrogens (tertiary/aromatic N) is 2. The summed E-state index contributed by atoms with van der Waals surface area (Å²) in [5.41, 5.74) is 0.161. The van der Waals surface area contributed by atoms with E-state index in [-0.39, 0.29) is 6.54 Å². The molecular weight excluding hydrogens is 283 g/mol. The van der Waals surface area contributed by atoms with E-state index in [1.807, 2.05) is 25.1 Å². The van der Waals surface area contributed by atoms with Crippen LogP contribution in [-0.4, -0.2) is 15.7 Å². The summed E-state index contributed by atoms with van der Waals surface area (Å²) in [6, 6.07) is 7.33. The highest BCUT2D eigenvalue weighted by Crippen LogP contribution is 2.30. The van der Waals surface area contributed by atoms with Crippen molar-refractivity contribution in [2.75, 3.05) is 0 Å². The Morgan fingerprint density at radius 3 is 2.62 bits per heavy atom. The average molecular weight is 297 g/mol. The number of aromatic nitrogens is 2. The van der Waals surface area contributed by atoms with E-state index in [2.05, 4.69) is 10.4 Å². The number of carbonyl (C=O) groups excluding carboxylic acids is 1. The molecule has 1 aromatic heterocycles. The van der Waals surface area contributed by atoms with Crippen LogP contribution in [0.1, 0.15) is 27.2 Å². The van der Waals surface area contributed by atoms with Gasteiger partial charge in [0.05, 0.1) is 5.56 Å². The first-order valence-corrected chi connectivity index (χ1v) is 6.22. The first-order chi connectivity index (χ1) is 9.79. The van der Waals surface area contributed by atoms with Gasteiger partial charge in [0.2, 0.25) is 0 Å². The Morgan fingerprint density at radius 2 is 2.00 bits per heavy atom. The molecule has 7 heteroatoms. The molecule has 0 spiro atoms. The molecule has 2 rings (SSSR count). The molecule has 4 nitrogen and oxygen atoms in total. The summed E-state index contributed by atoms with van der Waals surface area (Å²) in [5, 5.41) is 5.80. The lowest BCUT2D eigenvalue weighted by atomic mass is 10.1. The molecule has 2 aromatic rings. The number of benzene rings is 1. The summed E-state index contributed by atoms with van der Waals surface area (Å²) >= 11 is 0. The van der Waals surface area contributed by atoms with Gasteiger partial charge in [-0.25, -0.2) is 0 Å². The quantitative estimate of drug-likeness (QED) is 0.947. The lowest BCUT2D eigenvalue weighted by molar-refractivity contribution is -0.141. The number of amides is 1. The third kappa shape index (κ3) is 3.42. The number of alkyl halides is 3. The van der Waals surface area contributed by atoms with Gasteiger partial charge in [-0.2, -0.15) is 18.3 Å². The standard InChI is InChI=1S/C14H14F3N3O/c1-9-5-3-4-6-10(9)7-18-13(21)11-8-20(2)19-12(11)14(15,16)17/h3-6,8H,7H2,1-2H3,(H,18,21). The molecule has 0 saturated heterocycles. The number of aryl methyl sites for hydroxylation is 2. The van der Waals surface area contributed by atoms with Gasteiger partial charge in [-0.3, -0.25) is 9.48 Å². The highest BCUT2D eigenvalue weighted by atomic mass is 19.4. The van der Waals surface area contributed by atoms with Gasteiger partial charge in [0, 0.05) is 19.8 Å². The second-order valence-electron chi connectivity index (χ2n) is 4.67. The molecule has 1 amide bonds. The predicted octanol–water partition coefficient (Wildman–Crippen LogP) is 2.68. The lowest BCUT2D eigenvalue weighted by Crippen LogP contribution is -2.25. The smallest absolute Gasteiger partial charge is 0.348 e. The van der Waals surface area contributed by atoms with E-state index >= 15 is 0 Å². The minimum Gasteiger partial charge on any atom is -0.348 e. The van der Waals surface area contributed by atoms with Gasteiger partial charge in [-0.1, -0.05) is 24.3 Å². The fourth-order valence-corrected chi connectivity index (χ4v) is 1.94. The van der Waals surface area contributed by atoms with Gasteiger partial charge in [0.15, 0.2) is 5.69 Å². The molecule has 1 N–H and O–H groups in total. The first kappa shape index (κ1) is 15.1. The number of hydrogen-bond acceptors (Lipinski definition) is 2. The van der Waals surface area contributed by atoms with Crippen LogP contribution in [0, 0.1) is 6.92 Å². The van der Waals surface area contributed by atoms with Crippen LogP contribution in [-0.2, 0) is 19.8 Å². The fourth-order valence-electron chi connectivity index (χ4n) is 1.94. The van der Waals surface area contributed by atoms with Crippen molar-refractivity contribution in [3.8, 4) is 0 Å². The molecule has 0 unspecified atom stereocenters. The van der Waals surface area contributed by atoms with Crippen LogP contribution < -0.4 is 5.32 Å². The van der Waals surface area contributed by atoms with E-state index in [1.54, 1.807) is 6.07 Å². The number of hydrogen-bond donors (Lipinski definition) is 1. The van der Waals surface area contributed by atoms with E-state index in [1.165, 1.54) is 7.05 Å². The third-order valence-corrected chi connectivity index (χ3v) is 3.04. The summed E-state index contributed by atoms with van der Waals surface area (Å²) < 4.78 is 39.4. The molecule has 21 heavy (non-hydrogen) atoms. The second-order valence-corrected chi connectivity index (χ2v) is 4.67. The SMILES string of the molecule is Cc1ccccc1CNC(=O)c1cn(C)nc1C(F)(F)F. The van der Waals surface area contributed by atoms with Gasteiger partial charge in [-0.05, 0) is 18.1 Å². The van der Waals surface area contributed by atoms with Crippen molar-refractivity contribution in [1.29, 1.82) is 0 Å². The summed E-state index contributed by atoms with van der Waals surface area (Å²) in [4.78, 5) is 11.9. The summed E-state index contributed by atoms with van der Waals surface area (Å²) in [6.45, 7) is 2.03. The predicted molar refractivity (Wildman–Crippen MR) is 70.6 cm³/mol. The summed E-state index contributed by atoms with van der Waals surface area (Å²) in [6.07, 6.45) is -3.59. The molecule has 0 aliphatic heterocycles. The van der Waals surface area contributed by atoms with E-state index in [4.69, 9.17) is 0 Å². The number of nitrogens with one attached hydrogen (secondary N) is 1. The topological polar surface area (TPSA) is 46.9 Å². The molecule has 112 valence electrons. The minimum atomic E-state index is -4.66. The van der Waals surface area contributed by atoms with E-state index in [9.17, 15) is 18.0 Å². The Balaban J connectivity index is 2.17. The van der Waals surface area contributed by atoms with Crippen LogP contribution in [0.15, 0.2) is 30.5 Å². The molecule has 0 aliphatic carbocycles. The van der Waals surface area contributed by atoms with Crippen LogP contribution >= 0.6 is 0 Å². The number of carbonyl (C=O) groups is 1. The van der Waals surface area contributed by atoms with Crippen LogP contribution in [0.2, 0.25) is 0 Å². The van der Waals surface area contributed by atoms with Gasteiger partial charge in [-0.15, -0.1) is 0 Å². The first-order valence-electron chi connectivity index (χ1n) is 6.22. The Hall–Kier alpha value is -2.31. The average Bonchev–Trinajstić information content (AvgIpc) is 2.80. The molecule has 0 saturated carbocycles. The second kappa shape index (κ2) is 5.59. The zero-order valence-corrected chi connectivity index (χ0v) is 11.5. The van der Waals surface area contributed by atoms with Crippen LogP contribution in [0.25, 0.3) is 0 Å². The Bertz CT molecular complexity index is 662. The summed E-state index contributed by atoms with van der Waals surface area (Å²) in [7, 11) is 1.34. The Morgan fingerprint density at radius 1 is 1.33 bits per heavy atom.